The summed E-state index contributed by atoms with van der Waals surface area (Å²) in [5, 5.41) is 3.26. The number of carbonyl (C=O) groups is 1. The Morgan fingerprint density at radius 2 is 1.91 bits per heavy atom. The summed E-state index contributed by atoms with van der Waals surface area (Å²) in [5.41, 5.74) is 3.11. The monoisotopic (exact) mass is 305 g/mol. The Morgan fingerprint density at radius 1 is 1.05 bits per heavy atom. The molecule has 106 valence electrons. The Bertz CT molecular complexity index is 956. The second kappa shape index (κ2) is 5.20. The number of H-pyrrole nitrogens is 1. The summed E-state index contributed by atoms with van der Waals surface area (Å²) in [7, 11) is 0. The lowest BCUT2D eigenvalue weighted by atomic mass is 10.1. The zero-order chi connectivity index (χ0) is 14.9. The molecule has 0 aliphatic rings. The Kier molecular flexibility index (Phi) is 3.05. The molecule has 0 aliphatic heterocycles. The molecule has 1 aromatic carbocycles. The van der Waals surface area contributed by atoms with Crippen molar-refractivity contribution in [3.05, 3.63) is 70.8 Å². The summed E-state index contributed by atoms with van der Waals surface area (Å²) >= 11 is 1.34. The van der Waals surface area contributed by atoms with Crippen LogP contribution in [0, 0.1) is 0 Å². The van der Waals surface area contributed by atoms with Gasteiger partial charge in [0.05, 0.1) is 11.3 Å². The molecule has 0 saturated carbocycles. The van der Waals surface area contributed by atoms with Gasteiger partial charge in [0.1, 0.15) is 5.69 Å². The van der Waals surface area contributed by atoms with E-state index in [0.717, 1.165) is 22.3 Å². The molecule has 3 aromatic heterocycles. The van der Waals surface area contributed by atoms with Gasteiger partial charge in [-0.25, -0.2) is 4.98 Å². The minimum atomic E-state index is -0.0652. The zero-order valence-corrected chi connectivity index (χ0v) is 12.3. The minimum absolute atomic E-state index is 0.0652. The van der Waals surface area contributed by atoms with Gasteiger partial charge in [-0.2, -0.15) is 0 Å². The number of ketones is 1. The van der Waals surface area contributed by atoms with Crippen molar-refractivity contribution in [1.82, 2.24) is 15.0 Å². The Balaban J connectivity index is 1.73. The number of fused-ring (bicyclic) bond motifs is 1. The molecule has 0 fully saturated rings. The molecular weight excluding hydrogens is 294 g/mol. The van der Waals surface area contributed by atoms with Crippen molar-refractivity contribution < 1.29 is 4.79 Å². The van der Waals surface area contributed by atoms with Crippen LogP contribution in [0.4, 0.5) is 0 Å². The van der Waals surface area contributed by atoms with E-state index in [9.17, 15) is 4.79 Å². The fourth-order valence-electron chi connectivity index (χ4n) is 2.38. The third kappa shape index (κ3) is 2.12. The molecule has 0 unspecified atom stereocenters. The highest BCUT2D eigenvalue weighted by Gasteiger charge is 2.18. The van der Waals surface area contributed by atoms with Gasteiger partial charge >= 0.3 is 0 Å². The summed E-state index contributed by atoms with van der Waals surface area (Å²) in [6.07, 6.45) is 3.46. The van der Waals surface area contributed by atoms with Crippen molar-refractivity contribution in [2.75, 3.05) is 0 Å². The second-order valence-corrected chi connectivity index (χ2v) is 5.69. The van der Waals surface area contributed by atoms with E-state index >= 15 is 0 Å². The van der Waals surface area contributed by atoms with Crippen LogP contribution in [-0.4, -0.2) is 20.7 Å². The fourth-order valence-corrected chi connectivity index (χ4v) is 3.15. The Morgan fingerprint density at radius 3 is 2.77 bits per heavy atom. The zero-order valence-electron chi connectivity index (χ0n) is 11.5. The highest BCUT2D eigenvalue weighted by atomic mass is 32.1. The number of hydrogen-bond acceptors (Lipinski definition) is 4. The van der Waals surface area contributed by atoms with Gasteiger partial charge in [0, 0.05) is 28.7 Å². The van der Waals surface area contributed by atoms with Crippen molar-refractivity contribution in [3.8, 4) is 11.4 Å². The van der Waals surface area contributed by atoms with Crippen LogP contribution in [0.15, 0.2) is 60.2 Å². The summed E-state index contributed by atoms with van der Waals surface area (Å²) in [4.78, 5) is 24.5. The van der Waals surface area contributed by atoms with Crippen molar-refractivity contribution >= 4 is 28.0 Å². The molecule has 0 spiro atoms. The van der Waals surface area contributed by atoms with E-state index in [1.807, 2.05) is 47.8 Å². The molecule has 0 amide bonds. The van der Waals surface area contributed by atoms with Gasteiger partial charge in [-0.1, -0.05) is 24.3 Å². The second-order valence-electron chi connectivity index (χ2n) is 4.83. The first-order valence-electron chi connectivity index (χ1n) is 6.81. The van der Waals surface area contributed by atoms with E-state index in [-0.39, 0.29) is 5.78 Å². The Labute approximate surface area is 130 Å². The molecule has 0 bridgehead atoms. The Hall–Kier alpha value is -2.79. The first-order chi connectivity index (χ1) is 10.8. The molecular formula is C17H11N3OS. The lowest BCUT2D eigenvalue weighted by Crippen LogP contribution is -1.99. The fraction of sp³-hybridized carbons (Fsp3) is 0. The summed E-state index contributed by atoms with van der Waals surface area (Å²) < 4.78 is 0. The number of thiazole rings is 1. The smallest absolute Gasteiger partial charge is 0.223 e. The quantitative estimate of drug-likeness (QED) is 0.584. The number of pyridine rings is 1. The highest BCUT2D eigenvalue weighted by Crippen LogP contribution is 2.25. The number of aromatic nitrogens is 3. The van der Waals surface area contributed by atoms with Crippen molar-refractivity contribution in [2.24, 2.45) is 0 Å². The van der Waals surface area contributed by atoms with Crippen LogP contribution in [0.5, 0.6) is 0 Å². The largest absolute Gasteiger partial charge is 0.360 e. The predicted octanol–water partition coefficient (Wildman–Crippen LogP) is 3.92. The van der Waals surface area contributed by atoms with Gasteiger partial charge in [-0.05, 0) is 18.2 Å². The van der Waals surface area contributed by atoms with Crippen molar-refractivity contribution in [1.29, 1.82) is 0 Å². The van der Waals surface area contributed by atoms with Crippen LogP contribution < -0.4 is 0 Å². The van der Waals surface area contributed by atoms with Gasteiger partial charge in [0.2, 0.25) is 5.78 Å². The van der Waals surface area contributed by atoms with Crippen LogP contribution in [0.25, 0.3) is 22.3 Å². The number of benzene rings is 1. The third-order valence-corrected chi connectivity index (χ3v) is 4.30. The molecule has 4 rings (SSSR count). The third-order valence-electron chi connectivity index (χ3n) is 3.46. The molecule has 0 atom stereocenters. The first-order valence-corrected chi connectivity index (χ1v) is 7.68. The summed E-state index contributed by atoms with van der Waals surface area (Å²) in [6, 6.07) is 13.4. The molecule has 5 heteroatoms. The van der Waals surface area contributed by atoms with Gasteiger partial charge in [0.25, 0.3) is 0 Å². The predicted molar refractivity (Wildman–Crippen MR) is 87.1 cm³/mol. The van der Waals surface area contributed by atoms with Crippen LogP contribution in [-0.2, 0) is 0 Å². The summed E-state index contributed by atoms with van der Waals surface area (Å²) in [6.45, 7) is 0. The summed E-state index contributed by atoms with van der Waals surface area (Å²) in [5.74, 6) is -0.0652. The lowest BCUT2D eigenvalue weighted by Gasteiger charge is -1.95. The lowest BCUT2D eigenvalue weighted by molar-refractivity contribution is 0.104. The average Bonchev–Trinajstić information content (AvgIpc) is 3.22. The highest BCUT2D eigenvalue weighted by molar-refractivity contribution is 7.12. The normalized spacial score (nSPS) is 10.9. The van der Waals surface area contributed by atoms with E-state index < -0.39 is 0 Å². The maximum absolute atomic E-state index is 12.7. The van der Waals surface area contributed by atoms with E-state index in [2.05, 4.69) is 15.0 Å². The van der Waals surface area contributed by atoms with Gasteiger partial charge in [-0.3, -0.25) is 9.78 Å². The molecule has 22 heavy (non-hydrogen) atoms. The maximum atomic E-state index is 12.7. The average molecular weight is 305 g/mol. The number of hydrogen-bond donors (Lipinski definition) is 1. The van der Waals surface area contributed by atoms with E-state index in [0.29, 0.717) is 10.6 Å². The number of carbonyl (C=O) groups excluding carboxylic acids is 1. The SMILES string of the molecule is O=C(c1nc(-c2ccccn2)cs1)c1c[nH]c2ccccc12. The van der Waals surface area contributed by atoms with Crippen LogP contribution in [0.2, 0.25) is 0 Å². The molecule has 3 heterocycles. The van der Waals surface area contributed by atoms with E-state index in [1.54, 1.807) is 12.4 Å². The molecule has 4 nitrogen and oxygen atoms in total. The molecule has 0 radical (unpaired) electrons. The van der Waals surface area contributed by atoms with E-state index in [4.69, 9.17) is 0 Å². The number of nitrogens with one attached hydrogen (secondary N) is 1. The van der Waals surface area contributed by atoms with Crippen LogP contribution in [0.3, 0.4) is 0 Å². The molecule has 4 aromatic rings. The molecule has 0 aliphatic carbocycles. The number of nitrogens with zero attached hydrogens (tertiary/aromatic N) is 2. The van der Waals surface area contributed by atoms with E-state index in [1.165, 1.54) is 11.3 Å². The molecule has 0 saturated heterocycles. The van der Waals surface area contributed by atoms with Crippen molar-refractivity contribution in [2.45, 2.75) is 0 Å². The van der Waals surface area contributed by atoms with Gasteiger partial charge < -0.3 is 4.98 Å². The minimum Gasteiger partial charge on any atom is -0.360 e. The number of para-hydroxylation sites is 1. The first kappa shape index (κ1) is 12.9. The number of rotatable bonds is 3. The maximum Gasteiger partial charge on any atom is 0.223 e. The van der Waals surface area contributed by atoms with Gasteiger partial charge in [0.15, 0.2) is 5.01 Å². The molecule has 1 N–H and O–H groups in total. The van der Waals surface area contributed by atoms with Crippen LogP contribution >= 0.6 is 11.3 Å². The number of aromatic amines is 1. The van der Waals surface area contributed by atoms with Crippen molar-refractivity contribution in [3.63, 3.8) is 0 Å². The van der Waals surface area contributed by atoms with Crippen LogP contribution in [0.1, 0.15) is 15.4 Å². The van der Waals surface area contributed by atoms with Gasteiger partial charge in [-0.15, -0.1) is 11.3 Å². The standard InChI is InChI=1S/C17H11N3OS/c21-16(12-9-19-13-6-2-1-5-11(12)13)17-20-15(10-22-17)14-7-3-4-8-18-14/h1-10,19H. The topological polar surface area (TPSA) is 58.6 Å².